The molecule has 1 N–H and O–H groups in total. The molecule has 0 radical (unpaired) electrons. The van der Waals surface area contributed by atoms with Gasteiger partial charge in [-0.3, -0.25) is 4.68 Å². The molecule has 3 nitrogen and oxygen atoms in total. The molecule has 0 bridgehead atoms. The van der Waals surface area contributed by atoms with Gasteiger partial charge in [0.1, 0.15) is 22.8 Å². The molecule has 1 heterocycles. The molecular formula is C20H15FN2O. The first-order valence-corrected chi connectivity index (χ1v) is 7.71. The highest BCUT2D eigenvalue weighted by Gasteiger charge is 2.15. The minimum Gasteiger partial charge on any atom is -0.508 e. The van der Waals surface area contributed by atoms with E-state index in [0.29, 0.717) is 17.8 Å². The van der Waals surface area contributed by atoms with Crippen LogP contribution in [0.1, 0.15) is 5.56 Å². The third kappa shape index (κ3) is 2.52. The van der Waals surface area contributed by atoms with Crippen LogP contribution < -0.4 is 0 Å². The molecule has 0 atom stereocenters. The van der Waals surface area contributed by atoms with Crippen molar-refractivity contribution in [2.75, 3.05) is 0 Å². The fourth-order valence-electron chi connectivity index (χ4n) is 2.90. The number of hydrogen-bond donors (Lipinski definition) is 1. The van der Waals surface area contributed by atoms with Crippen LogP contribution in [0.4, 0.5) is 4.39 Å². The van der Waals surface area contributed by atoms with Crippen molar-refractivity contribution in [1.29, 1.82) is 0 Å². The Morgan fingerprint density at radius 2 is 1.62 bits per heavy atom. The van der Waals surface area contributed by atoms with E-state index >= 15 is 0 Å². The molecular weight excluding hydrogens is 303 g/mol. The van der Waals surface area contributed by atoms with Crippen molar-refractivity contribution in [3.63, 3.8) is 0 Å². The molecule has 0 aliphatic carbocycles. The van der Waals surface area contributed by atoms with E-state index < -0.39 is 0 Å². The van der Waals surface area contributed by atoms with E-state index in [2.05, 4.69) is 5.10 Å². The first kappa shape index (κ1) is 14.5. The highest BCUT2D eigenvalue weighted by Crippen LogP contribution is 2.30. The second-order valence-electron chi connectivity index (χ2n) is 5.67. The van der Waals surface area contributed by atoms with Crippen LogP contribution in [0.15, 0.2) is 72.8 Å². The lowest BCUT2D eigenvalue weighted by Crippen LogP contribution is -2.02. The van der Waals surface area contributed by atoms with Gasteiger partial charge in [-0.15, -0.1) is 0 Å². The summed E-state index contributed by atoms with van der Waals surface area (Å²) in [6.45, 7) is 0.496. The normalized spacial score (nSPS) is 11.0. The van der Waals surface area contributed by atoms with Crippen LogP contribution in [-0.2, 0) is 6.54 Å². The van der Waals surface area contributed by atoms with E-state index in [-0.39, 0.29) is 11.6 Å². The Balaban J connectivity index is 1.89. The molecule has 0 aliphatic heterocycles. The summed E-state index contributed by atoms with van der Waals surface area (Å²) >= 11 is 0. The molecule has 0 spiro atoms. The summed E-state index contributed by atoms with van der Waals surface area (Å²) in [7, 11) is 0. The van der Waals surface area contributed by atoms with Crippen LogP contribution in [0.25, 0.3) is 22.2 Å². The highest BCUT2D eigenvalue weighted by molar-refractivity contribution is 5.93. The number of nitrogens with zero attached hydrogens (tertiary/aromatic N) is 2. The summed E-state index contributed by atoms with van der Waals surface area (Å²) in [5.74, 6) is -0.0982. The monoisotopic (exact) mass is 318 g/mol. The third-order valence-electron chi connectivity index (χ3n) is 4.04. The van der Waals surface area contributed by atoms with Gasteiger partial charge in [0, 0.05) is 10.9 Å². The van der Waals surface area contributed by atoms with Crippen molar-refractivity contribution in [3.05, 3.63) is 84.2 Å². The van der Waals surface area contributed by atoms with Gasteiger partial charge in [-0.25, -0.2) is 4.39 Å². The average molecular weight is 318 g/mol. The molecule has 0 amide bonds. The summed E-state index contributed by atoms with van der Waals surface area (Å²) < 4.78 is 16.1. The zero-order valence-corrected chi connectivity index (χ0v) is 12.9. The molecule has 1 aromatic heterocycles. The predicted octanol–water partition coefficient (Wildman–Crippen LogP) is 4.60. The zero-order valence-electron chi connectivity index (χ0n) is 12.9. The zero-order chi connectivity index (χ0) is 16.5. The SMILES string of the molecule is Oc1ccc(-c2nn(Cc3ccccc3)c3c(F)cccc23)cc1. The second kappa shape index (κ2) is 5.81. The first-order chi connectivity index (χ1) is 11.7. The number of halogens is 1. The molecule has 4 heteroatoms. The predicted molar refractivity (Wildman–Crippen MR) is 92.3 cm³/mol. The van der Waals surface area contributed by atoms with E-state index in [1.807, 2.05) is 36.4 Å². The standard InChI is InChI=1S/C20H15FN2O/c21-18-8-4-7-17-19(15-9-11-16(24)12-10-15)22-23(20(17)18)13-14-5-2-1-3-6-14/h1-12,24H,13H2. The number of benzene rings is 3. The summed E-state index contributed by atoms with van der Waals surface area (Å²) in [5.41, 5.74) is 3.10. The summed E-state index contributed by atoms with van der Waals surface area (Å²) in [6.07, 6.45) is 0. The van der Waals surface area contributed by atoms with Crippen LogP contribution in [0.5, 0.6) is 5.75 Å². The summed E-state index contributed by atoms with van der Waals surface area (Å²) in [6, 6.07) is 21.7. The van der Waals surface area contributed by atoms with Crippen LogP contribution in [0, 0.1) is 5.82 Å². The first-order valence-electron chi connectivity index (χ1n) is 7.71. The highest BCUT2D eigenvalue weighted by atomic mass is 19.1. The van der Waals surface area contributed by atoms with Gasteiger partial charge in [-0.2, -0.15) is 5.10 Å². The fourth-order valence-corrected chi connectivity index (χ4v) is 2.90. The van der Waals surface area contributed by atoms with Crippen molar-refractivity contribution in [3.8, 4) is 17.0 Å². The molecule has 0 saturated heterocycles. The Morgan fingerprint density at radius 1 is 0.875 bits per heavy atom. The average Bonchev–Trinajstić information content (AvgIpc) is 2.96. The Labute approximate surface area is 138 Å². The van der Waals surface area contributed by atoms with Crippen molar-refractivity contribution in [1.82, 2.24) is 9.78 Å². The fraction of sp³-hybridized carbons (Fsp3) is 0.0500. The third-order valence-corrected chi connectivity index (χ3v) is 4.04. The van der Waals surface area contributed by atoms with Crippen LogP contribution >= 0.6 is 0 Å². The van der Waals surface area contributed by atoms with E-state index in [1.165, 1.54) is 6.07 Å². The smallest absolute Gasteiger partial charge is 0.149 e. The second-order valence-corrected chi connectivity index (χ2v) is 5.67. The molecule has 24 heavy (non-hydrogen) atoms. The summed E-state index contributed by atoms with van der Waals surface area (Å²) in [4.78, 5) is 0. The van der Waals surface area contributed by atoms with E-state index in [0.717, 1.165) is 16.5 Å². The van der Waals surface area contributed by atoms with E-state index in [4.69, 9.17) is 0 Å². The quantitative estimate of drug-likeness (QED) is 0.599. The largest absolute Gasteiger partial charge is 0.508 e. The van der Waals surface area contributed by atoms with Gasteiger partial charge in [0.25, 0.3) is 0 Å². The van der Waals surface area contributed by atoms with E-state index in [1.54, 1.807) is 35.0 Å². The minimum absolute atomic E-state index is 0.193. The maximum absolute atomic E-state index is 14.4. The Bertz CT molecular complexity index is 992. The summed E-state index contributed by atoms with van der Waals surface area (Å²) in [5, 5.41) is 14.9. The van der Waals surface area contributed by atoms with Crippen molar-refractivity contribution in [2.24, 2.45) is 0 Å². The van der Waals surface area contributed by atoms with Gasteiger partial charge in [0.15, 0.2) is 0 Å². The maximum atomic E-state index is 14.4. The van der Waals surface area contributed by atoms with Crippen LogP contribution in [0.3, 0.4) is 0 Å². The lowest BCUT2D eigenvalue weighted by atomic mass is 10.1. The van der Waals surface area contributed by atoms with Crippen molar-refractivity contribution in [2.45, 2.75) is 6.54 Å². The maximum Gasteiger partial charge on any atom is 0.149 e. The molecule has 0 aliphatic rings. The van der Waals surface area contributed by atoms with Gasteiger partial charge in [-0.05, 0) is 35.9 Å². The van der Waals surface area contributed by atoms with Gasteiger partial charge in [-0.1, -0.05) is 42.5 Å². The lowest BCUT2D eigenvalue weighted by Gasteiger charge is -2.04. The Hall–Kier alpha value is -3.14. The number of aromatic nitrogens is 2. The van der Waals surface area contributed by atoms with Gasteiger partial charge < -0.3 is 5.11 Å². The minimum atomic E-state index is -0.291. The number of para-hydroxylation sites is 1. The molecule has 0 fully saturated rings. The molecule has 3 aromatic carbocycles. The number of fused-ring (bicyclic) bond motifs is 1. The number of phenolic OH excluding ortho intramolecular Hbond substituents is 1. The van der Waals surface area contributed by atoms with Crippen LogP contribution in [-0.4, -0.2) is 14.9 Å². The topological polar surface area (TPSA) is 38.1 Å². The van der Waals surface area contributed by atoms with Crippen molar-refractivity contribution >= 4 is 10.9 Å². The van der Waals surface area contributed by atoms with Gasteiger partial charge in [0.2, 0.25) is 0 Å². The molecule has 118 valence electrons. The lowest BCUT2D eigenvalue weighted by molar-refractivity contribution is 0.475. The molecule has 0 saturated carbocycles. The number of aromatic hydroxyl groups is 1. The van der Waals surface area contributed by atoms with E-state index in [9.17, 15) is 9.50 Å². The van der Waals surface area contributed by atoms with Gasteiger partial charge >= 0.3 is 0 Å². The number of phenols is 1. The van der Waals surface area contributed by atoms with Gasteiger partial charge in [0.05, 0.1) is 6.54 Å². The molecule has 4 rings (SSSR count). The molecule has 4 aromatic rings. The van der Waals surface area contributed by atoms with Crippen molar-refractivity contribution < 1.29 is 9.50 Å². The Morgan fingerprint density at radius 3 is 2.38 bits per heavy atom. The Kier molecular flexibility index (Phi) is 3.50. The molecule has 0 unspecified atom stereocenters. The van der Waals surface area contributed by atoms with Crippen LogP contribution in [0.2, 0.25) is 0 Å². The number of rotatable bonds is 3. The number of hydrogen-bond acceptors (Lipinski definition) is 2.